The highest BCUT2D eigenvalue weighted by molar-refractivity contribution is 5.89. The molecule has 1 fully saturated rings. The molecule has 1 aliphatic rings. The molecule has 1 aromatic carbocycles. The molecule has 7 heteroatoms. The fourth-order valence-electron chi connectivity index (χ4n) is 3.28. The molecule has 1 aliphatic heterocycles. The van der Waals surface area contributed by atoms with E-state index < -0.39 is 0 Å². The van der Waals surface area contributed by atoms with E-state index >= 15 is 0 Å². The average Bonchev–Trinajstić information content (AvgIpc) is 3.07. The van der Waals surface area contributed by atoms with Gasteiger partial charge in [0.1, 0.15) is 5.82 Å². The fraction of sp³-hybridized carbons (Fsp3) is 0.471. The van der Waals surface area contributed by atoms with E-state index in [-0.39, 0.29) is 17.4 Å². The second-order valence-electron chi connectivity index (χ2n) is 6.63. The van der Waals surface area contributed by atoms with E-state index in [9.17, 15) is 9.18 Å². The third-order valence-electron chi connectivity index (χ3n) is 4.82. The topological polar surface area (TPSA) is 63.1 Å². The number of rotatable bonds is 3. The number of anilines is 1. The molecule has 0 spiro atoms. The number of carbonyl (C=O) groups is 1. The summed E-state index contributed by atoms with van der Waals surface area (Å²) in [4.78, 5) is 14.6. The number of aromatic nitrogens is 3. The minimum atomic E-state index is -0.294. The van der Waals surface area contributed by atoms with Gasteiger partial charge in [-0.3, -0.25) is 10.00 Å². The highest BCUT2D eigenvalue weighted by atomic mass is 19.1. The average molecular weight is 331 g/mol. The molecule has 2 amide bonds. The molecule has 1 N–H and O–H groups in total. The monoisotopic (exact) mass is 331 g/mol. The van der Waals surface area contributed by atoms with Crippen LogP contribution < -0.4 is 5.32 Å². The second kappa shape index (κ2) is 6.22. The van der Waals surface area contributed by atoms with Gasteiger partial charge in [-0.2, -0.15) is 0 Å². The number of nitrogens with zero attached hydrogens (tertiary/aromatic N) is 4. The van der Waals surface area contributed by atoms with Crippen molar-refractivity contribution >= 4 is 11.8 Å². The molecule has 24 heavy (non-hydrogen) atoms. The number of benzene rings is 1. The highest BCUT2D eigenvalue weighted by Gasteiger charge is 2.40. The largest absolute Gasteiger partial charge is 0.323 e. The zero-order chi connectivity index (χ0) is 17.3. The van der Waals surface area contributed by atoms with Crippen molar-refractivity contribution < 1.29 is 9.18 Å². The Bertz CT molecular complexity index is 742. The standard InChI is InChI=1S/C17H22FN5O/c1-12-15(20-21-22(12)3)19-16(24)23-10-4-9-17(23,2)11-13-5-7-14(18)8-6-13/h5-8H,4,9-11H2,1-3H3,(H,19,24). The van der Waals surface area contributed by atoms with Crippen LogP contribution in [0.5, 0.6) is 0 Å². The first-order valence-electron chi connectivity index (χ1n) is 8.08. The Morgan fingerprint density at radius 3 is 2.71 bits per heavy atom. The highest BCUT2D eigenvalue weighted by Crippen LogP contribution is 2.33. The Labute approximate surface area is 140 Å². The van der Waals surface area contributed by atoms with Crippen LogP contribution in [0.15, 0.2) is 24.3 Å². The number of urea groups is 1. The summed E-state index contributed by atoms with van der Waals surface area (Å²) in [5, 5.41) is 10.7. The van der Waals surface area contributed by atoms with Gasteiger partial charge in [0.2, 0.25) is 0 Å². The van der Waals surface area contributed by atoms with Crippen molar-refractivity contribution in [3.8, 4) is 0 Å². The van der Waals surface area contributed by atoms with Crippen LogP contribution in [0.4, 0.5) is 15.0 Å². The van der Waals surface area contributed by atoms with Crippen LogP contribution in [-0.2, 0) is 13.5 Å². The third kappa shape index (κ3) is 3.11. The Morgan fingerprint density at radius 2 is 2.08 bits per heavy atom. The van der Waals surface area contributed by atoms with Gasteiger partial charge in [-0.15, -0.1) is 5.10 Å². The number of hydrogen-bond donors (Lipinski definition) is 1. The quantitative estimate of drug-likeness (QED) is 0.940. The lowest BCUT2D eigenvalue weighted by molar-refractivity contribution is 0.167. The van der Waals surface area contributed by atoms with Crippen molar-refractivity contribution in [3.63, 3.8) is 0 Å². The number of hydrogen-bond acceptors (Lipinski definition) is 3. The number of aryl methyl sites for hydroxylation is 1. The summed E-state index contributed by atoms with van der Waals surface area (Å²) < 4.78 is 14.7. The lowest BCUT2D eigenvalue weighted by Crippen LogP contribution is -2.48. The van der Waals surface area contributed by atoms with Crippen molar-refractivity contribution in [1.82, 2.24) is 19.9 Å². The molecule has 0 saturated carbocycles. The number of nitrogens with one attached hydrogen (secondary N) is 1. The molecule has 1 atom stereocenters. The fourth-order valence-corrected chi connectivity index (χ4v) is 3.28. The Hall–Kier alpha value is -2.44. The lowest BCUT2D eigenvalue weighted by atomic mass is 9.90. The summed E-state index contributed by atoms with van der Waals surface area (Å²) in [5.74, 6) is 0.238. The van der Waals surface area contributed by atoms with E-state index in [0.717, 1.165) is 24.1 Å². The third-order valence-corrected chi connectivity index (χ3v) is 4.82. The van der Waals surface area contributed by atoms with Gasteiger partial charge in [-0.25, -0.2) is 9.18 Å². The minimum Gasteiger partial charge on any atom is -0.319 e. The first-order valence-corrected chi connectivity index (χ1v) is 8.08. The number of likely N-dealkylation sites (tertiary alicyclic amines) is 1. The van der Waals surface area contributed by atoms with Gasteiger partial charge in [0.05, 0.1) is 5.69 Å². The van der Waals surface area contributed by atoms with Crippen LogP contribution in [0.2, 0.25) is 0 Å². The van der Waals surface area contributed by atoms with E-state index in [1.165, 1.54) is 12.1 Å². The van der Waals surface area contributed by atoms with E-state index in [1.54, 1.807) is 23.9 Å². The van der Waals surface area contributed by atoms with Crippen LogP contribution in [0.1, 0.15) is 31.0 Å². The van der Waals surface area contributed by atoms with Crippen molar-refractivity contribution in [2.45, 2.75) is 38.6 Å². The molecule has 0 aliphatic carbocycles. The molecule has 1 unspecified atom stereocenters. The SMILES string of the molecule is Cc1c(NC(=O)N2CCCC2(C)Cc2ccc(F)cc2)nnn1C. The smallest absolute Gasteiger partial charge is 0.319 e. The molecular formula is C17H22FN5O. The van der Waals surface area contributed by atoms with Crippen LogP contribution in [0.25, 0.3) is 0 Å². The Morgan fingerprint density at radius 1 is 1.38 bits per heavy atom. The van der Waals surface area contributed by atoms with Gasteiger partial charge in [0.25, 0.3) is 0 Å². The first-order chi connectivity index (χ1) is 11.4. The van der Waals surface area contributed by atoms with Crippen LogP contribution in [0, 0.1) is 12.7 Å². The summed E-state index contributed by atoms with van der Waals surface area (Å²) in [6.07, 6.45) is 2.56. The molecule has 0 bridgehead atoms. The predicted octanol–water partition coefficient (Wildman–Crippen LogP) is 2.89. The van der Waals surface area contributed by atoms with Crippen LogP contribution in [-0.4, -0.2) is 38.0 Å². The number of halogens is 1. The summed E-state index contributed by atoms with van der Waals surface area (Å²) in [5.41, 5.74) is 1.54. The van der Waals surface area contributed by atoms with Crippen molar-refractivity contribution in [2.24, 2.45) is 7.05 Å². The predicted molar refractivity (Wildman–Crippen MR) is 89.2 cm³/mol. The van der Waals surface area contributed by atoms with Gasteiger partial charge < -0.3 is 4.90 Å². The summed E-state index contributed by atoms with van der Waals surface area (Å²) >= 11 is 0. The van der Waals surface area contributed by atoms with Crippen molar-refractivity contribution in [2.75, 3.05) is 11.9 Å². The maximum absolute atomic E-state index is 13.1. The van der Waals surface area contributed by atoms with E-state index in [2.05, 4.69) is 22.6 Å². The van der Waals surface area contributed by atoms with Crippen molar-refractivity contribution in [1.29, 1.82) is 0 Å². The molecule has 1 saturated heterocycles. The molecule has 128 valence electrons. The summed E-state index contributed by atoms with van der Waals surface area (Å²) in [6.45, 7) is 4.63. The Balaban J connectivity index is 1.75. The normalized spacial score (nSPS) is 20.4. The first kappa shape index (κ1) is 16.4. The van der Waals surface area contributed by atoms with Crippen molar-refractivity contribution in [3.05, 3.63) is 41.3 Å². The van der Waals surface area contributed by atoms with E-state index in [0.29, 0.717) is 18.8 Å². The molecule has 6 nitrogen and oxygen atoms in total. The maximum Gasteiger partial charge on any atom is 0.323 e. The second-order valence-corrected chi connectivity index (χ2v) is 6.63. The van der Waals surface area contributed by atoms with Crippen LogP contribution in [0.3, 0.4) is 0 Å². The lowest BCUT2D eigenvalue weighted by Gasteiger charge is -2.35. The molecule has 0 radical (unpaired) electrons. The van der Waals surface area contributed by atoms with E-state index in [4.69, 9.17) is 0 Å². The molecule has 3 rings (SSSR count). The van der Waals surface area contributed by atoms with Gasteiger partial charge in [0, 0.05) is 19.1 Å². The number of amides is 2. The van der Waals surface area contributed by atoms with Crippen LogP contribution >= 0.6 is 0 Å². The molecule has 2 heterocycles. The minimum absolute atomic E-state index is 0.166. The molecule has 2 aromatic rings. The molecular weight excluding hydrogens is 309 g/mol. The zero-order valence-corrected chi connectivity index (χ0v) is 14.2. The molecule has 1 aromatic heterocycles. The van der Waals surface area contributed by atoms with Gasteiger partial charge in [-0.05, 0) is 50.8 Å². The maximum atomic E-state index is 13.1. The summed E-state index contributed by atoms with van der Waals surface area (Å²) in [6, 6.07) is 6.31. The van der Waals surface area contributed by atoms with Gasteiger partial charge in [-0.1, -0.05) is 17.3 Å². The van der Waals surface area contributed by atoms with Gasteiger partial charge in [0.15, 0.2) is 5.82 Å². The van der Waals surface area contributed by atoms with Gasteiger partial charge >= 0.3 is 6.03 Å². The number of carbonyl (C=O) groups excluding carboxylic acids is 1. The van der Waals surface area contributed by atoms with E-state index in [1.807, 2.05) is 11.8 Å². The summed E-state index contributed by atoms with van der Waals surface area (Å²) in [7, 11) is 1.78. The zero-order valence-electron chi connectivity index (χ0n) is 14.2. The Kier molecular flexibility index (Phi) is 4.26.